The molecule has 1 atom stereocenters. The summed E-state index contributed by atoms with van der Waals surface area (Å²) >= 11 is 0. The van der Waals surface area contributed by atoms with Crippen LogP contribution >= 0.6 is 0 Å². The van der Waals surface area contributed by atoms with Gasteiger partial charge in [-0.25, -0.2) is 9.59 Å². The molecule has 0 amide bonds. The third kappa shape index (κ3) is 10.2. The number of aliphatic carboxylic acids is 2. The van der Waals surface area contributed by atoms with Gasteiger partial charge in [0, 0.05) is 19.6 Å². The molecule has 0 saturated carbocycles. The third-order valence-electron chi connectivity index (χ3n) is 5.39. The molecular weight excluding hydrogens is 474 g/mol. The standard InChI is InChI=1S/C17H26N2O.2C2HF3O2/c1-18-9-4-7-17(13-18)8-10-19(14-17)12-15-5-3-6-16(11-15)20-2;2*3-2(4,5)1(6)7/h3,5-6,11H,4,7-10,12-14H2,1-2H3;2*(H,6,7). The quantitative estimate of drug-likeness (QED) is 0.607. The number of benzene rings is 1. The number of hydrogen-bond donors (Lipinski definition) is 2. The van der Waals surface area contributed by atoms with Gasteiger partial charge in [-0.1, -0.05) is 12.1 Å². The minimum absolute atomic E-state index is 0.561. The summed E-state index contributed by atoms with van der Waals surface area (Å²) < 4.78 is 68.8. The number of carboxylic acids is 2. The highest BCUT2D eigenvalue weighted by Crippen LogP contribution is 2.39. The van der Waals surface area contributed by atoms with Gasteiger partial charge >= 0.3 is 24.3 Å². The first-order chi connectivity index (χ1) is 15.6. The van der Waals surface area contributed by atoms with Crippen molar-refractivity contribution in [1.82, 2.24) is 9.80 Å². The second-order valence-corrected chi connectivity index (χ2v) is 8.26. The maximum absolute atomic E-state index is 10.6. The van der Waals surface area contributed by atoms with Crippen LogP contribution in [-0.2, 0) is 16.1 Å². The summed E-state index contributed by atoms with van der Waals surface area (Å²) in [4.78, 5) is 22.9. The SMILES string of the molecule is COc1cccc(CN2CCC3(CCCN(C)C3)C2)c1.O=C(O)C(F)(F)F.O=C(O)C(F)(F)F. The second-order valence-electron chi connectivity index (χ2n) is 8.26. The van der Waals surface area contributed by atoms with E-state index in [1.165, 1.54) is 51.0 Å². The highest BCUT2D eigenvalue weighted by Gasteiger charge is 2.40. The molecule has 2 fully saturated rings. The minimum Gasteiger partial charge on any atom is -0.497 e. The van der Waals surface area contributed by atoms with Gasteiger partial charge in [-0.05, 0) is 62.5 Å². The molecule has 0 radical (unpaired) electrons. The number of rotatable bonds is 3. The van der Waals surface area contributed by atoms with Gasteiger partial charge in [-0.3, -0.25) is 4.90 Å². The van der Waals surface area contributed by atoms with Crippen LogP contribution in [0, 0.1) is 5.41 Å². The Hall–Kier alpha value is -2.54. The first kappa shape index (κ1) is 29.5. The molecule has 2 heterocycles. The molecule has 2 aliphatic heterocycles. The van der Waals surface area contributed by atoms with Crippen molar-refractivity contribution in [2.45, 2.75) is 38.2 Å². The molecule has 2 N–H and O–H groups in total. The molecule has 1 aromatic carbocycles. The van der Waals surface area contributed by atoms with Crippen molar-refractivity contribution >= 4 is 11.9 Å². The van der Waals surface area contributed by atoms with E-state index in [0.717, 1.165) is 12.3 Å². The second kappa shape index (κ2) is 12.2. The van der Waals surface area contributed by atoms with E-state index in [1.54, 1.807) is 7.11 Å². The molecule has 194 valence electrons. The van der Waals surface area contributed by atoms with E-state index in [0.29, 0.717) is 5.41 Å². The summed E-state index contributed by atoms with van der Waals surface area (Å²) in [6.07, 6.45) is -6.03. The Bertz CT molecular complexity index is 794. The zero-order valence-corrected chi connectivity index (χ0v) is 18.7. The Morgan fingerprint density at radius 3 is 2.03 bits per heavy atom. The van der Waals surface area contributed by atoms with Crippen molar-refractivity contribution in [1.29, 1.82) is 0 Å². The summed E-state index contributed by atoms with van der Waals surface area (Å²) in [5, 5.41) is 14.2. The Labute approximate surface area is 192 Å². The molecule has 0 bridgehead atoms. The van der Waals surface area contributed by atoms with Crippen molar-refractivity contribution in [3.8, 4) is 5.75 Å². The van der Waals surface area contributed by atoms with E-state index >= 15 is 0 Å². The Balaban J connectivity index is 0.000000343. The van der Waals surface area contributed by atoms with Crippen LogP contribution in [0.2, 0.25) is 0 Å². The summed E-state index contributed by atoms with van der Waals surface area (Å²) in [6.45, 7) is 6.11. The average molecular weight is 502 g/mol. The number of likely N-dealkylation sites (tertiary alicyclic amines) is 2. The fourth-order valence-electron chi connectivity index (χ4n) is 3.98. The molecule has 0 aliphatic carbocycles. The van der Waals surface area contributed by atoms with Gasteiger partial charge in [0.15, 0.2) is 0 Å². The van der Waals surface area contributed by atoms with Crippen molar-refractivity contribution in [2.24, 2.45) is 5.41 Å². The number of nitrogens with zero attached hydrogens (tertiary/aromatic N) is 2. The number of alkyl halides is 6. The average Bonchev–Trinajstić information content (AvgIpc) is 3.08. The topological polar surface area (TPSA) is 90.3 Å². The molecule has 0 aromatic heterocycles. The lowest BCUT2D eigenvalue weighted by atomic mass is 9.79. The summed E-state index contributed by atoms with van der Waals surface area (Å²) in [6, 6.07) is 8.48. The monoisotopic (exact) mass is 502 g/mol. The minimum atomic E-state index is -5.08. The van der Waals surface area contributed by atoms with Gasteiger partial charge in [-0.2, -0.15) is 26.3 Å². The Morgan fingerprint density at radius 2 is 1.56 bits per heavy atom. The van der Waals surface area contributed by atoms with Gasteiger partial charge < -0.3 is 19.8 Å². The summed E-state index contributed by atoms with van der Waals surface area (Å²) in [5.74, 6) is -4.55. The number of methoxy groups -OCH3 is 1. The molecule has 1 aromatic rings. The lowest BCUT2D eigenvalue weighted by Gasteiger charge is -2.38. The van der Waals surface area contributed by atoms with Crippen LogP contribution in [0.1, 0.15) is 24.8 Å². The first-order valence-electron chi connectivity index (χ1n) is 10.2. The van der Waals surface area contributed by atoms with E-state index in [4.69, 9.17) is 24.5 Å². The molecule has 2 saturated heterocycles. The largest absolute Gasteiger partial charge is 0.497 e. The lowest BCUT2D eigenvalue weighted by Crippen LogP contribution is -2.42. The van der Waals surface area contributed by atoms with Gasteiger partial charge in [0.1, 0.15) is 5.75 Å². The van der Waals surface area contributed by atoms with Gasteiger partial charge in [0.25, 0.3) is 0 Å². The maximum atomic E-state index is 10.6. The summed E-state index contributed by atoms with van der Waals surface area (Å²) in [5.41, 5.74) is 1.93. The van der Waals surface area contributed by atoms with Crippen LogP contribution in [-0.4, -0.2) is 84.6 Å². The number of halogens is 6. The molecule has 3 rings (SSSR count). The molecular formula is C21H28F6N2O5. The van der Waals surface area contributed by atoms with Crippen LogP contribution in [0.25, 0.3) is 0 Å². The zero-order chi connectivity index (χ0) is 26.2. The van der Waals surface area contributed by atoms with Gasteiger partial charge in [0.2, 0.25) is 0 Å². The van der Waals surface area contributed by atoms with Crippen LogP contribution in [0.15, 0.2) is 24.3 Å². The fraction of sp³-hybridized carbons (Fsp3) is 0.619. The van der Waals surface area contributed by atoms with E-state index in [1.807, 2.05) is 6.07 Å². The number of ether oxygens (including phenoxy) is 1. The molecule has 13 heteroatoms. The fourth-order valence-corrected chi connectivity index (χ4v) is 3.98. The van der Waals surface area contributed by atoms with Crippen LogP contribution < -0.4 is 4.74 Å². The predicted molar refractivity (Wildman–Crippen MR) is 109 cm³/mol. The van der Waals surface area contributed by atoms with E-state index in [9.17, 15) is 26.3 Å². The lowest BCUT2D eigenvalue weighted by molar-refractivity contribution is -0.193. The normalized spacial score (nSPS) is 21.2. The van der Waals surface area contributed by atoms with Gasteiger partial charge in [0.05, 0.1) is 7.11 Å². The van der Waals surface area contributed by atoms with E-state index < -0.39 is 24.3 Å². The van der Waals surface area contributed by atoms with Crippen molar-refractivity contribution in [3.05, 3.63) is 29.8 Å². The van der Waals surface area contributed by atoms with E-state index in [-0.39, 0.29) is 0 Å². The predicted octanol–water partition coefficient (Wildman–Crippen LogP) is 3.88. The molecule has 2 aliphatic rings. The summed E-state index contributed by atoms with van der Waals surface area (Å²) in [7, 11) is 4.01. The maximum Gasteiger partial charge on any atom is 0.490 e. The van der Waals surface area contributed by atoms with Crippen molar-refractivity contribution in [3.63, 3.8) is 0 Å². The number of hydrogen-bond acceptors (Lipinski definition) is 5. The number of piperidine rings is 1. The van der Waals surface area contributed by atoms with Crippen LogP contribution in [0.4, 0.5) is 26.3 Å². The third-order valence-corrected chi connectivity index (χ3v) is 5.39. The zero-order valence-electron chi connectivity index (χ0n) is 18.7. The number of carboxylic acid groups (broad SMARTS) is 2. The van der Waals surface area contributed by atoms with Crippen molar-refractivity contribution in [2.75, 3.05) is 40.3 Å². The highest BCUT2D eigenvalue weighted by atomic mass is 19.4. The smallest absolute Gasteiger partial charge is 0.490 e. The van der Waals surface area contributed by atoms with Crippen LogP contribution in [0.5, 0.6) is 5.75 Å². The molecule has 1 unspecified atom stereocenters. The molecule has 34 heavy (non-hydrogen) atoms. The molecule has 1 spiro atoms. The Morgan fingerprint density at radius 1 is 1.00 bits per heavy atom. The van der Waals surface area contributed by atoms with Crippen molar-refractivity contribution < 1.29 is 50.9 Å². The van der Waals surface area contributed by atoms with Crippen LogP contribution in [0.3, 0.4) is 0 Å². The van der Waals surface area contributed by atoms with Gasteiger partial charge in [-0.15, -0.1) is 0 Å². The first-order valence-corrected chi connectivity index (χ1v) is 10.2. The van der Waals surface area contributed by atoms with E-state index in [2.05, 4.69) is 35.0 Å². The highest BCUT2D eigenvalue weighted by molar-refractivity contribution is 5.73. The molecule has 7 nitrogen and oxygen atoms in total. The number of carbonyl (C=O) groups is 2. The Kier molecular flexibility index (Phi) is 10.6.